The van der Waals surface area contributed by atoms with Gasteiger partial charge in [0.15, 0.2) is 6.10 Å². The molecule has 0 aliphatic rings. The summed E-state index contributed by atoms with van der Waals surface area (Å²) in [6.07, 6.45) is -0.525. The zero-order chi connectivity index (χ0) is 18.1. The molecule has 0 fully saturated rings. The second-order valence-electron chi connectivity index (χ2n) is 5.41. The van der Waals surface area contributed by atoms with Crippen molar-refractivity contribution in [1.29, 1.82) is 0 Å². The Morgan fingerprint density at radius 1 is 1.16 bits per heavy atom. The first-order valence-electron chi connectivity index (χ1n) is 7.87. The lowest BCUT2D eigenvalue weighted by Crippen LogP contribution is -2.22. The SMILES string of the molecule is COC(C(=O)Nc1cccc(CSCCC(=O)O)c1)c1ccccc1. The smallest absolute Gasteiger partial charge is 0.304 e. The van der Waals surface area contributed by atoms with Crippen molar-refractivity contribution in [2.24, 2.45) is 0 Å². The van der Waals surface area contributed by atoms with Crippen molar-refractivity contribution in [3.8, 4) is 0 Å². The Morgan fingerprint density at radius 2 is 1.92 bits per heavy atom. The van der Waals surface area contributed by atoms with E-state index in [4.69, 9.17) is 9.84 Å². The molecule has 2 aromatic carbocycles. The lowest BCUT2D eigenvalue weighted by Gasteiger charge is -2.16. The van der Waals surface area contributed by atoms with Crippen LogP contribution in [0.5, 0.6) is 0 Å². The van der Waals surface area contributed by atoms with Crippen molar-refractivity contribution in [3.05, 3.63) is 65.7 Å². The second-order valence-corrected chi connectivity index (χ2v) is 6.52. The number of carbonyl (C=O) groups is 2. The fourth-order valence-electron chi connectivity index (χ4n) is 2.32. The molecule has 0 radical (unpaired) electrons. The van der Waals surface area contributed by atoms with E-state index in [0.29, 0.717) is 17.2 Å². The van der Waals surface area contributed by atoms with Crippen molar-refractivity contribution < 1.29 is 19.4 Å². The number of anilines is 1. The van der Waals surface area contributed by atoms with Crippen LogP contribution >= 0.6 is 11.8 Å². The molecule has 0 saturated heterocycles. The Bertz CT molecular complexity index is 706. The molecule has 0 heterocycles. The van der Waals surface area contributed by atoms with E-state index in [9.17, 15) is 9.59 Å². The molecule has 1 amide bonds. The van der Waals surface area contributed by atoms with Gasteiger partial charge in [-0.05, 0) is 23.3 Å². The van der Waals surface area contributed by atoms with Crippen LogP contribution in [0.4, 0.5) is 5.69 Å². The van der Waals surface area contributed by atoms with Gasteiger partial charge in [-0.15, -0.1) is 0 Å². The van der Waals surface area contributed by atoms with Gasteiger partial charge in [0.05, 0.1) is 6.42 Å². The van der Waals surface area contributed by atoms with Gasteiger partial charge in [-0.1, -0.05) is 42.5 Å². The third kappa shape index (κ3) is 6.25. The molecule has 2 rings (SSSR count). The first-order valence-corrected chi connectivity index (χ1v) is 9.02. The molecule has 1 unspecified atom stereocenters. The summed E-state index contributed by atoms with van der Waals surface area (Å²) in [4.78, 5) is 23.0. The third-order valence-electron chi connectivity index (χ3n) is 3.50. The molecular weight excluding hydrogens is 338 g/mol. The summed E-state index contributed by atoms with van der Waals surface area (Å²) in [5, 5.41) is 11.5. The van der Waals surface area contributed by atoms with E-state index in [0.717, 1.165) is 11.1 Å². The zero-order valence-electron chi connectivity index (χ0n) is 14.0. The first kappa shape index (κ1) is 19.0. The van der Waals surface area contributed by atoms with Crippen molar-refractivity contribution in [1.82, 2.24) is 0 Å². The minimum Gasteiger partial charge on any atom is -0.481 e. The van der Waals surface area contributed by atoms with Crippen molar-refractivity contribution in [2.75, 3.05) is 18.2 Å². The highest BCUT2D eigenvalue weighted by Gasteiger charge is 2.19. The maximum absolute atomic E-state index is 12.5. The number of carboxylic acids is 1. The summed E-state index contributed by atoms with van der Waals surface area (Å²) < 4.78 is 5.33. The van der Waals surface area contributed by atoms with Gasteiger partial charge >= 0.3 is 5.97 Å². The molecule has 0 saturated carbocycles. The predicted molar refractivity (Wildman–Crippen MR) is 99.7 cm³/mol. The lowest BCUT2D eigenvalue weighted by molar-refractivity contribution is -0.136. The molecule has 0 spiro atoms. The topological polar surface area (TPSA) is 75.6 Å². The Morgan fingerprint density at radius 3 is 2.60 bits per heavy atom. The predicted octanol–water partition coefficient (Wildman–Crippen LogP) is 3.72. The number of amides is 1. The fourth-order valence-corrected chi connectivity index (χ4v) is 3.20. The number of hydrogen-bond donors (Lipinski definition) is 2. The summed E-state index contributed by atoms with van der Waals surface area (Å²) in [6.45, 7) is 0. The van der Waals surface area contributed by atoms with Crippen LogP contribution in [0.15, 0.2) is 54.6 Å². The number of carbonyl (C=O) groups excluding carboxylic acids is 1. The Balaban J connectivity index is 1.96. The van der Waals surface area contributed by atoms with Crippen LogP contribution in [0.25, 0.3) is 0 Å². The van der Waals surface area contributed by atoms with E-state index in [1.54, 1.807) is 11.8 Å². The Kier molecular flexibility index (Phi) is 7.50. The number of thioether (sulfide) groups is 1. The number of hydrogen-bond acceptors (Lipinski definition) is 4. The number of carboxylic acid groups (broad SMARTS) is 1. The number of nitrogens with one attached hydrogen (secondary N) is 1. The molecule has 25 heavy (non-hydrogen) atoms. The summed E-state index contributed by atoms with van der Waals surface area (Å²) >= 11 is 1.55. The quantitative estimate of drug-likeness (QED) is 0.668. The molecule has 0 aromatic heterocycles. The van der Waals surface area contributed by atoms with Gasteiger partial charge in [0, 0.05) is 24.3 Å². The van der Waals surface area contributed by atoms with Gasteiger partial charge in [0.25, 0.3) is 5.91 Å². The number of benzene rings is 2. The molecule has 2 aromatic rings. The number of rotatable bonds is 9. The van der Waals surface area contributed by atoms with E-state index in [1.807, 2.05) is 54.6 Å². The molecule has 0 bridgehead atoms. The molecular formula is C19H21NO4S. The second kappa shape index (κ2) is 9.86. The van der Waals surface area contributed by atoms with Crippen molar-refractivity contribution in [2.45, 2.75) is 18.3 Å². The van der Waals surface area contributed by atoms with Crippen LogP contribution in [0.3, 0.4) is 0 Å². The van der Waals surface area contributed by atoms with Crippen LogP contribution in [0.2, 0.25) is 0 Å². The third-order valence-corrected chi connectivity index (χ3v) is 4.53. The Hall–Kier alpha value is -2.31. The van der Waals surface area contributed by atoms with Gasteiger partial charge in [-0.25, -0.2) is 0 Å². The largest absolute Gasteiger partial charge is 0.481 e. The lowest BCUT2D eigenvalue weighted by atomic mass is 10.1. The normalized spacial score (nSPS) is 11.7. The van der Waals surface area contributed by atoms with Crippen LogP contribution in [-0.4, -0.2) is 29.8 Å². The number of aliphatic carboxylic acids is 1. The van der Waals surface area contributed by atoms with E-state index < -0.39 is 12.1 Å². The average molecular weight is 359 g/mol. The summed E-state index contributed by atoms with van der Waals surface area (Å²) in [5.74, 6) is 0.235. The molecule has 5 nitrogen and oxygen atoms in total. The van der Waals surface area contributed by atoms with Gasteiger partial charge in [0.2, 0.25) is 0 Å². The van der Waals surface area contributed by atoms with Gasteiger partial charge in [-0.3, -0.25) is 9.59 Å². The van der Waals surface area contributed by atoms with E-state index in [2.05, 4.69) is 5.32 Å². The van der Waals surface area contributed by atoms with E-state index >= 15 is 0 Å². The fraction of sp³-hybridized carbons (Fsp3) is 0.263. The summed E-state index contributed by atoms with van der Waals surface area (Å²) in [5.41, 5.74) is 2.52. The first-order chi connectivity index (χ1) is 12.1. The van der Waals surface area contributed by atoms with Crippen LogP contribution in [0.1, 0.15) is 23.7 Å². The molecule has 6 heteroatoms. The summed E-state index contributed by atoms with van der Waals surface area (Å²) in [6, 6.07) is 16.9. The molecule has 132 valence electrons. The minimum atomic E-state index is -0.792. The van der Waals surface area contributed by atoms with Gasteiger partial charge < -0.3 is 15.2 Å². The maximum Gasteiger partial charge on any atom is 0.304 e. The molecule has 0 aliphatic carbocycles. The van der Waals surface area contributed by atoms with E-state index in [1.165, 1.54) is 7.11 Å². The molecule has 1 atom stereocenters. The Labute approximate surface area is 151 Å². The van der Waals surface area contributed by atoms with Crippen molar-refractivity contribution in [3.63, 3.8) is 0 Å². The minimum absolute atomic E-state index is 0.147. The number of methoxy groups -OCH3 is 1. The maximum atomic E-state index is 12.5. The standard InChI is InChI=1S/C19H21NO4S/c1-24-18(15-7-3-2-4-8-15)19(23)20-16-9-5-6-14(12-16)13-25-11-10-17(21)22/h2-9,12,18H,10-11,13H2,1H3,(H,20,23)(H,21,22). The van der Waals surface area contributed by atoms with Crippen LogP contribution < -0.4 is 5.32 Å². The van der Waals surface area contributed by atoms with Gasteiger partial charge in [-0.2, -0.15) is 11.8 Å². The number of ether oxygens (including phenoxy) is 1. The van der Waals surface area contributed by atoms with Crippen LogP contribution in [-0.2, 0) is 20.1 Å². The average Bonchev–Trinajstić information content (AvgIpc) is 2.60. The van der Waals surface area contributed by atoms with Gasteiger partial charge in [0.1, 0.15) is 0 Å². The van der Waals surface area contributed by atoms with Crippen molar-refractivity contribution >= 4 is 29.3 Å². The highest BCUT2D eigenvalue weighted by Crippen LogP contribution is 2.21. The highest BCUT2D eigenvalue weighted by atomic mass is 32.2. The highest BCUT2D eigenvalue weighted by molar-refractivity contribution is 7.98. The van der Waals surface area contributed by atoms with Crippen LogP contribution in [0, 0.1) is 0 Å². The molecule has 0 aliphatic heterocycles. The zero-order valence-corrected chi connectivity index (χ0v) is 14.8. The van der Waals surface area contributed by atoms with E-state index in [-0.39, 0.29) is 12.3 Å². The molecule has 2 N–H and O–H groups in total. The summed E-state index contributed by atoms with van der Waals surface area (Å²) in [7, 11) is 1.51. The monoisotopic (exact) mass is 359 g/mol.